The van der Waals surface area contributed by atoms with Crippen LogP contribution >= 0.6 is 24.8 Å². The van der Waals surface area contributed by atoms with Gasteiger partial charge in [-0.3, -0.25) is 34.7 Å². The number of halogens is 12. The fraction of sp³-hybridized carbons (Fsp3) is 0.551. The number of alkyl halides is 10. The van der Waals surface area contributed by atoms with E-state index in [-0.39, 0.29) is 83.1 Å². The number of nitrogens with one attached hydrogen (secondary N) is 2. The Kier molecular flexibility index (Phi) is 23.2. The summed E-state index contributed by atoms with van der Waals surface area (Å²) in [7, 11) is -8.41. The normalized spacial score (nSPS) is 18.3. The molecule has 0 bridgehead atoms. The molecule has 0 spiro atoms. The van der Waals surface area contributed by atoms with Crippen LogP contribution in [0.5, 0.6) is 0 Å². The molecule has 80 heavy (non-hydrogen) atoms. The number of aryl methyl sites for hydroxylation is 2. The molecule has 2 amide bonds. The van der Waals surface area contributed by atoms with E-state index in [4.69, 9.17) is 9.57 Å². The monoisotopic (exact) mass is 1230 g/mol. The number of aromatic nitrogens is 4. The number of piperidine rings is 2. The molecule has 31 heteroatoms. The minimum Gasteiger partial charge on any atom is -0.350 e. The van der Waals surface area contributed by atoms with Crippen molar-refractivity contribution in [2.45, 2.75) is 134 Å². The highest BCUT2D eigenvalue weighted by Crippen LogP contribution is 2.41. The summed E-state index contributed by atoms with van der Waals surface area (Å²) in [4.78, 5) is 51.1. The Labute approximate surface area is 467 Å². The first-order valence-corrected chi connectivity index (χ1v) is 27.7. The Morgan fingerprint density at radius 3 is 1.32 bits per heavy atom. The topological polar surface area (TPSA) is 223 Å². The van der Waals surface area contributed by atoms with Crippen molar-refractivity contribution in [3.8, 4) is 22.5 Å². The van der Waals surface area contributed by atoms with Gasteiger partial charge < -0.3 is 14.5 Å². The lowest BCUT2D eigenvalue weighted by Gasteiger charge is -2.39. The Morgan fingerprint density at radius 2 is 1.01 bits per heavy atom. The number of hydrogen-bond donors (Lipinski definition) is 3. The quantitative estimate of drug-likeness (QED) is 0.0481. The first-order valence-electron chi connectivity index (χ1n) is 24.7. The predicted octanol–water partition coefficient (Wildman–Crippen LogP) is 8.73. The number of sulfone groups is 2. The van der Waals surface area contributed by atoms with Gasteiger partial charge in [-0.2, -0.15) is 43.9 Å². The number of carbonyl (C=O) groups excluding carboxylic acids is 2. The molecule has 3 aliphatic heterocycles. The van der Waals surface area contributed by atoms with Gasteiger partial charge in [-0.25, -0.2) is 32.6 Å². The molecule has 0 aliphatic carbocycles. The largest absolute Gasteiger partial charge is 0.453 e. The van der Waals surface area contributed by atoms with Crippen LogP contribution < -0.4 is 11.0 Å². The van der Waals surface area contributed by atoms with Crippen LogP contribution in [0.3, 0.4) is 0 Å². The third-order valence-electron chi connectivity index (χ3n) is 14.2. The van der Waals surface area contributed by atoms with Crippen LogP contribution in [-0.2, 0) is 51.7 Å². The zero-order valence-electron chi connectivity index (χ0n) is 43.0. The van der Waals surface area contributed by atoms with E-state index < -0.39 is 97.2 Å². The second-order valence-corrected chi connectivity index (χ2v) is 23.4. The number of amides is 2. The Balaban J connectivity index is 0.000000340. The zero-order chi connectivity index (χ0) is 57.4. The summed E-state index contributed by atoms with van der Waals surface area (Å²) >= 11 is 0. The van der Waals surface area contributed by atoms with E-state index in [1.165, 1.54) is 66.4 Å². The fourth-order valence-electron chi connectivity index (χ4n) is 9.00. The van der Waals surface area contributed by atoms with Gasteiger partial charge in [0.2, 0.25) is 0 Å². The molecule has 0 saturated carbocycles. The number of benzene rings is 2. The van der Waals surface area contributed by atoms with Gasteiger partial charge in [0.15, 0.2) is 35.5 Å². The van der Waals surface area contributed by atoms with Crippen molar-refractivity contribution in [2.75, 3.05) is 45.9 Å². The number of carbonyl (C=O) groups is 2. The third-order valence-corrected chi connectivity index (χ3v) is 19.2. The second kappa shape index (κ2) is 27.5. The summed E-state index contributed by atoms with van der Waals surface area (Å²) in [6.45, 7) is 7.28. The molecule has 7 rings (SSSR count). The van der Waals surface area contributed by atoms with Crippen molar-refractivity contribution < 1.29 is 85.1 Å². The number of ether oxygens (including phenoxy) is 1. The van der Waals surface area contributed by atoms with Crippen LogP contribution in [0, 0.1) is 0 Å². The number of hydroxylamine groups is 2. The first-order chi connectivity index (χ1) is 36.6. The summed E-state index contributed by atoms with van der Waals surface area (Å²) in [6.07, 6.45) is -9.11. The van der Waals surface area contributed by atoms with Crippen LogP contribution in [0.2, 0.25) is 0 Å². The molecule has 5 heterocycles. The maximum atomic E-state index is 14.0. The molecule has 2 aromatic carbocycles. The number of rotatable bonds is 18. The van der Waals surface area contributed by atoms with Crippen LogP contribution in [0.25, 0.3) is 22.5 Å². The van der Waals surface area contributed by atoms with E-state index in [1.54, 1.807) is 0 Å². The lowest BCUT2D eigenvalue weighted by atomic mass is 9.95. The van der Waals surface area contributed by atoms with E-state index >= 15 is 0 Å². The van der Waals surface area contributed by atoms with Crippen LogP contribution in [0.4, 0.5) is 43.9 Å². The van der Waals surface area contributed by atoms with Gasteiger partial charge in [0.05, 0.1) is 45.0 Å². The van der Waals surface area contributed by atoms with E-state index in [0.717, 1.165) is 25.2 Å². The van der Waals surface area contributed by atoms with Gasteiger partial charge in [0.1, 0.15) is 0 Å². The minimum absolute atomic E-state index is 0. The van der Waals surface area contributed by atoms with E-state index in [9.17, 15) is 75.5 Å². The van der Waals surface area contributed by atoms with Crippen molar-refractivity contribution in [1.82, 2.24) is 40.7 Å². The summed E-state index contributed by atoms with van der Waals surface area (Å²) in [6, 6.07) is 11.0. The highest BCUT2D eigenvalue weighted by atomic mass is 35.5. The molecule has 1 atom stereocenters. The van der Waals surface area contributed by atoms with E-state index in [1.807, 2.05) is 18.7 Å². The van der Waals surface area contributed by atoms with E-state index in [2.05, 4.69) is 30.3 Å². The average Bonchev–Trinajstić information content (AvgIpc) is 3.48. The van der Waals surface area contributed by atoms with Gasteiger partial charge in [-0.15, -0.1) is 24.8 Å². The summed E-state index contributed by atoms with van der Waals surface area (Å²) < 4.78 is 184. The molecule has 3 fully saturated rings. The van der Waals surface area contributed by atoms with Gasteiger partial charge in [0.25, 0.3) is 11.8 Å². The maximum Gasteiger partial charge on any atom is 0.453 e. The van der Waals surface area contributed by atoms with Crippen molar-refractivity contribution in [3.05, 3.63) is 84.7 Å². The zero-order valence-corrected chi connectivity index (χ0v) is 46.3. The van der Waals surface area contributed by atoms with Gasteiger partial charge in [-0.05, 0) is 88.7 Å². The molecule has 446 valence electrons. The van der Waals surface area contributed by atoms with Crippen molar-refractivity contribution >= 4 is 56.3 Å². The second-order valence-electron chi connectivity index (χ2n) is 18.9. The van der Waals surface area contributed by atoms with Crippen molar-refractivity contribution in [3.63, 3.8) is 0 Å². The SMILES string of the molecule is CCN1CCC(C(=O)NO)(S(=O)(=O)c2ccc(-c3cnc(CCC(F)(F)C(F)(F)F)cn3)cc2)CC1.CCN1CCC(C(=O)NOC2CCCCO2)(S(=O)(=O)c2ccc(-c3cnc(CCC(F)(F)C(F)(F)F)cn3)cc2)CC1.Cl.Cl. The predicted molar refractivity (Wildman–Crippen MR) is 273 cm³/mol. The number of likely N-dealkylation sites (tertiary alicyclic amines) is 2. The Morgan fingerprint density at radius 1 is 0.625 bits per heavy atom. The fourth-order valence-corrected chi connectivity index (χ4v) is 12.9. The summed E-state index contributed by atoms with van der Waals surface area (Å²) in [5.41, 5.74) is 5.09. The standard InChI is InChI=1S/C27H33F5N4O5S.C22H25F5N4O4S.2ClH/c1-2-36-14-12-25(13-15-36,24(37)35-41-23-5-3-4-16-40-23)42(38,39)21-8-6-19(7-9-21)22-18-33-20(17-34-22)10-11-26(28,29)27(30,31)32;1-2-31-11-9-20(10-12-31,19(32)30-33)36(34,35)17-5-3-15(4-6-17)18-14-28-16(13-29-18)7-8-21(23,24)22(25,26)27;;/h6-9,17-18,23H,2-5,10-16H2,1H3,(H,35,37);3-6,13-14,33H,2,7-12H2,1H3,(H,30,32);2*1H. The minimum atomic E-state index is -5.65. The van der Waals surface area contributed by atoms with Gasteiger partial charge in [-0.1, -0.05) is 38.1 Å². The van der Waals surface area contributed by atoms with Crippen molar-refractivity contribution in [1.29, 1.82) is 0 Å². The molecule has 3 N–H and O–H groups in total. The maximum absolute atomic E-state index is 14.0. The lowest BCUT2D eigenvalue weighted by Crippen LogP contribution is -2.58. The Hall–Kier alpha value is -4.88. The summed E-state index contributed by atoms with van der Waals surface area (Å²) in [5.74, 6) is -11.4. The van der Waals surface area contributed by atoms with Gasteiger partial charge in [0, 0.05) is 75.6 Å². The third kappa shape index (κ3) is 15.2. The van der Waals surface area contributed by atoms with E-state index in [0.29, 0.717) is 63.4 Å². The van der Waals surface area contributed by atoms with Crippen LogP contribution in [0.1, 0.15) is 83.0 Å². The van der Waals surface area contributed by atoms with Gasteiger partial charge >= 0.3 is 24.2 Å². The number of nitrogens with zero attached hydrogens (tertiary/aromatic N) is 6. The molecule has 3 aliphatic rings. The molecule has 3 saturated heterocycles. The molecular weight excluding hydrogens is 1170 g/mol. The van der Waals surface area contributed by atoms with Crippen LogP contribution in [0.15, 0.2) is 83.1 Å². The highest BCUT2D eigenvalue weighted by Gasteiger charge is 2.58. The van der Waals surface area contributed by atoms with Crippen LogP contribution in [-0.4, -0.2) is 149 Å². The Bertz CT molecular complexity index is 2880. The molecule has 4 aromatic rings. The lowest BCUT2D eigenvalue weighted by molar-refractivity contribution is -0.284. The first kappa shape index (κ1) is 67.6. The molecule has 2 aromatic heterocycles. The molecule has 1 unspecified atom stereocenters. The number of hydrogen-bond acceptors (Lipinski definition) is 15. The average molecular weight is 1230 g/mol. The summed E-state index contributed by atoms with van der Waals surface area (Å²) in [5, 5.41) is 9.23. The van der Waals surface area contributed by atoms with Crippen molar-refractivity contribution in [2.24, 2.45) is 0 Å². The molecule has 17 nitrogen and oxygen atoms in total. The molecular formula is C49H60Cl2F10N8O9S2. The molecule has 0 radical (unpaired) electrons. The smallest absolute Gasteiger partial charge is 0.350 e. The highest BCUT2D eigenvalue weighted by molar-refractivity contribution is 7.94.